The van der Waals surface area contributed by atoms with Crippen LogP contribution in [0.4, 0.5) is 5.13 Å². The number of piperidine rings is 1. The Morgan fingerprint density at radius 3 is 2.48 bits per heavy atom. The van der Waals surface area contributed by atoms with Gasteiger partial charge in [0.2, 0.25) is 5.78 Å². The molecule has 2 aliphatic heterocycles. The highest BCUT2D eigenvalue weighted by Gasteiger charge is 2.44. The lowest BCUT2D eigenvalue weighted by atomic mass is 9.72. The molecule has 2 aromatic carbocycles. The average molecular weight is 482 g/mol. The zero-order valence-corrected chi connectivity index (χ0v) is 20.2. The van der Waals surface area contributed by atoms with Crippen molar-refractivity contribution in [2.24, 2.45) is 5.41 Å². The number of sulfone groups is 1. The number of carbonyl (C=O) groups excluding carboxylic acids is 1. The van der Waals surface area contributed by atoms with E-state index in [4.69, 9.17) is 0 Å². The Labute approximate surface area is 198 Å². The molecule has 6 nitrogen and oxygen atoms in total. The van der Waals surface area contributed by atoms with Gasteiger partial charge in [-0.05, 0) is 36.0 Å². The van der Waals surface area contributed by atoms with E-state index in [0.717, 1.165) is 57.0 Å². The zero-order valence-electron chi connectivity index (χ0n) is 18.6. The number of hydrogen-bond acceptors (Lipinski definition) is 7. The molecule has 2 fully saturated rings. The first kappa shape index (κ1) is 22.3. The molecule has 2 aliphatic rings. The highest BCUT2D eigenvalue weighted by Crippen LogP contribution is 2.42. The van der Waals surface area contributed by atoms with Crippen LogP contribution in [0.25, 0.3) is 0 Å². The Kier molecular flexibility index (Phi) is 5.84. The standard InChI is InChI=1S/C25H27N3O3S2/c1-33(30,31)21-9-5-8-20(14-21)23(29)22-15-26-24(32-22)28-12-10-25(11-13-28)17-27(18-25)16-19-6-3-2-4-7-19/h2-9,14-15H,10-13,16-18H2,1H3. The van der Waals surface area contributed by atoms with Crippen LogP contribution in [0.2, 0.25) is 0 Å². The Morgan fingerprint density at radius 2 is 1.79 bits per heavy atom. The van der Waals surface area contributed by atoms with Crippen LogP contribution < -0.4 is 4.90 Å². The fraction of sp³-hybridized carbons (Fsp3) is 0.360. The van der Waals surface area contributed by atoms with Gasteiger partial charge in [0.25, 0.3) is 0 Å². The number of thiazole rings is 1. The van der Waals surface area contributed by atoms with E-state index < -0.39 is 9.84 Å². The maximum atomic E-state index is 12.9. The second-order valence-electron chi connectivity index (χ2n) is 9.25. The fourth-order valence-corrected chi connectivity index (χ4v) is 6.47. The fourth-order valence-electron chi connectivity index (χ4n) is 4.87. The van der Waals surface area contributed by atoms with Gasteiger partial charge in [-0.3, -0.25) is 9.69 Å². The van der Waals surface area contributed by atoms with Gasteiger partial charge >= 0.3 is 0 Å². The Bertz CT molecular complexity index is 1250. The summed E-state index contributed by atoms with van der Waals surface area (Å²) < 4.78 is 23.6. The van der Waals surface area contributed by atoms with Crippen molar-refractivity contribution in [2.75, 3.05) is 37.3 Å². The summed E-state index contributed by atoms with van der Waals surface area (Å²) >= 11 is 1.39. The van der Waals surface area contributed by atoms with Gasteiger partial charge in [0, 0.05) is 44.5 Å². The van der Waals surface area contributed by atoms with Crippen molar-refractivity contribution in [1.29, 1.82) is 0 Å². The van der Waals surface area contributed by atoms with Gasteiger partial charge in [0.05, 0.1) is 16.0 Å². The lowest BCUT2D eigenvalue weighted by molar-refractivity contribution is -0.0240. The molecule has 0 aliphatic carbocycles. The second-order valence-corrected chi connectivity index (χ2v) is 12.3. The molecule has 3 aromatic rings. The van der Waals surface area contributed by atoms with E-state index in [1.807, 2.05) is 0 Å². The van der Waals surface area contributed by atoms with Gasteiger partial charge in [-0.1, -0.05) is 53.8 Å². The number of benzene rings is 2. The number of hydrogen-bond donors (Lipinski definition) is 0. The van der Waals surface area contributed by atoms with Crippen LogP contribution >= 0.6 is 11.3 Å². The average Bonchev–Trinajstić information content (AvgIpc) is 3.28. The zero-order chi connectivity index (χ0) is 23.1. The third-order valence-corrected chi connectivity index (χ3v) is 8.87. The van der Waals surface area contributed by atoms with Crippen LogP contribution in [0.1, 0.15) is 33.6 Å². The van der Waals surface area contributed by atoms with Crippen molar-refractivity contribution >= 4 is 32.1 Å². The normalized spacial score (nSPS) is 18.3. The molecular formula is C25H27N3O3S2. The van der Waals surface area contributed by atoms with E-state index in [1.54, 1.807) is 18.3 Å². The number of aromatic nitrogens is 1. The van der Waals surface area contributed by atoms with E-state index in [1.165, 1.54) is 29.0 Å². The van der Waals surface area contributed by atoms with E-state index >= 15 is 0 Å². The van der Waals surface area contributed by atoms with Crippen LogP contribution in [0, 0.1) is 5.41 Å². The quantitative estimate of drug-likeness (QED) is 0.498. The molecule has 0 atom stereocenters. The number of carbonyl (C=O) groups is 1. The molecule has 0 bridgehead atoms. The third kappa shape index (κ3) is 4.74. The van der Waals surface area contributed by atoms with Gasteiger partial charge in [-0.15, -0.1) is 0 Å². The SMILES string of the molecule is CS(=O)(=O)c1cccc(C(=O)c2cnc(N3CCC4(CC3)CN(Cc3ccccc3)C4)s2)c1. The second kappa shape index (κ2) is 8.66. The van der Waals surface area contributed by atoms with E-state index in [-0.39, 0.29) is 10.7 Å². The third-order valence-electron chi connectivity index (χ3n) is 6.70. The van der Waals surface area contributed by atoms with Crippen molar-refractivity contribution in [3.63, 3.8) is 0 Å². The van der Waals surface area contributed by atoms with Crippen LogP contribution in [0.15, 0.2) is 65.7 Å². The monoisotopic (exact) mass is 481 g/mol. The molecule has 0 N–H and O–H groups in total. The number of rotatable bonds is 6. The molecule has 5 rings (SSSR count). The number of likely N-dealkylation sites (tertiary alicyclic amines) is 1. The summed E-state index contributed by atoms with van der Waals surface area (Å²) in [5, 5.41) is 0.868. The molecule has 0 unspecified atom stereocenters. The van der Waals surface area contributed by atoms with Crippen LogP contribution in [0.5, 0.6) is 0 Å². The molecule has 1 aromatic heterocycles. The molecule has 0 radical (unpaired) electrons. The van der Waals surface area contributed by atoms with Gasteiger partial charge in [0.1, 0.15) is 0 Å². The predicted octanol–water partition coefficient (Wildman–Crippen LogP) is 3.88. The van der Waals surface area contributed by atoms with E-state index in [0.29, 0.717) is 15.9 Å². The smallest absolute Gasteiger partial charge is 0.204 e. The van der Waals surface area contributed by atoms with E-state index in [9.17, 15) is 13.2 Å². The first-order valence-electron chi connectivity index (χ1n) is 11.1. The maximum absolute atomic E-state index is 12.9. The molecule has 3 heterocycles. The lowest BCUT2D eigenvalue weighted by Gasteiger charge is -2.54. The minimum atomic E-state index is -3.36. The first-order valence-corrected chi connectivity index (χ1v) is 13.8. The minimum absolute atomic E-state index is 0.154. The highest BCUT2D eigenvalue weighted by molar-refractivity contribution is 7.90. The first-order chi connectivity index (χ1) is 15.8. The van der Waals surface area contributed by atoms with Crippen LogP contribution in [-0.4, -0.2) is 56.5 Å². The van der Waals surface area contributed by atoms with Gasteiger partial charge in [-0.2, -0.15) is 0 Å². The molecule has 0 amide bonds. The van der Waals surface area contributed by atoms with Crippen molar-refractivity contribution in [3.8, 4) is 0 Å². The van der Waals surface area contributed by atoms with Crippen LogP contribution in [0.3, 0.4) is 0 Å². The topological polar surface area (TPSA) is 70.6 Å². The Hall–Kier alpha value is -2.55. The van der Waals surface area contributed by atoms with Crippen molar-refractivity contribution in [3.05, 3.63) is 76.8 Å². The summed E-state index contributed by atoms with van der Waals surface area (Å²) in [4.78, 5) is 22.9. The molecule has 2 saturated heterocycles. The Balaban J connectivity index is 1.19. The molecule has 33 heavy (non-hydrogen) atoms. The molecule has 1 spiro atoms. The minimum Gasteiger partial charge on any atom is -0.348 e. The largest absolute Gasteiger partial charge is 0.348 e. The maximum Gasteiger partial charge on any atom is 0.204 e. The Morgan fingerprint density at radius 1 is 1.06 bits per heavy atom. The van der Waals surface area contributed by atoms with Crippen molar-refractivity contribution in [2.45, 2.75) is 24.3 Å². The summed E-state index contributed by atoms with van der Waals surface area (Å²) in [6.07, 6.45) is 5.04. The number of anilines is 1. The van der Waals surface area contributed by atoms with Crippen molar-refractivity contribution in [1.82, 2.24) is 9.88 Å². The molecule has 172 valence electrons. The highest BCUT2D eigenvalue weighted by atomic mass is 32.2. The summed E-state index contributed by atoms with van der Waals surface area (Å²) in [6.45, 7) is 5.21. The number of nitrogens with zero attached hydrogens (tertiary/aromatic N) is 3. The number of ketones is 1. The molecule has 8 heteroatoms. The van der Waals surface area contributed by atoms with Crippen LogP contribution in [-0.2, 0) is 16.4 Å². The van der Waals surface area contributed by atoms with Gasteiger partial charge < -0.3 is 4.90 Å². The predicted molar refractivity (Wildman–Crippen MR) is 131 cm³/mol. The molecular weight excluding hydrogens is 454 g/mol. The summed E-state index contributed by atoms with van der Waals surface area (Å²) in [5.74, 6) is -0.187. The summed E-state index contributed by atoms with van der Waals surface area (Å²) in [7, 11) is -3.36. The lowest BCUT2D eigenvalue weighted by Crippen LogP contribution is -2.59. The van der Waals surface area contributed by atoms with Gasteiger partial charge in [0.15, 0.2) is 15.0 Å². The molecule has 0 saturated carbocycles. The van der Waals surface area contributed by atoms with Crippen molar-refractivity contribution < 1.29 is 13.2 Å². The van der Waals surface area contributed by atoms with Gasteiger partial charge in [-0.25, -0.2) is 13.4 Å². The summed E-state index contributed by atoms with van der Waals surface area (Å²) in [5.41, 5.74) is 2.15. The summed E-state index contributed by atoms with van der Waals surface area (Å²) in [6, 6.07) is 16.8. The van der Waals surface area contributed by atoms with E-state index in [2.05, 4.69) is 45.1 Å².